The lowest BCUT2D eigenvalue weighted by Crippen LogP contribution is -2.11. The molecular weight excluding hydrogens is 264 g/mol. The van der Waals surface area contributed by atoms with Crippen LogP contribution < -0.4 is 10.6 Å². The summed E-state index contributed by atoms with van der Waals surface area (Å²) in [4.78, 5) is 9.10. The molecule has 1 heterocycles. The first-order valence-electron chi connectivity index (χ1n) is 8.23. The second kappa shape index (κ2) is 11.3. The van der Waals surface area contributed by atoms with E-state index in [-0.39, 0.29) is 0 Å². The molecule has 5 nitrogen and oxygen atoms in total. The van der Waals surface area contributed by atoms with Gasteiger partial charge in [-0.05, 0) is 25.7 Å². The van der Waals surface area contributed by atoms with Gasteiger partial charge in [0.25, 0.3) is 0 Å². The van der Waals surface area contributed by atoms with Crippen molar-refractivity contribution in [2.24, 2.45) is 0 Å². The first-order valence-corrected chi connectivity index (χ1v) is 8.23. The van der Waals surface area contributed by atoms with Crippen LogP contribution in [0.1, 0.15) is 52.3 Å². The van der Waals surface area contributed by atoms with Crippen molar-refractivity contribution in [3.05, 3.63) is 11.9 Å². The van der Waals surface area contributed by atoms with Crippen LogP contribution in [-0.2, 0) is 11.2 Å². The Morgan fingerprint density at radius 1 is 0.905 bits per heavy atom. The summed E-state index contributed by atoms with van der Waals surface area (Å²) in [6, 6.07) is 1.99. The van der Waals surface area contributed by atoms with Gasteiger partial charge >= 0.3 is 0 Å². The number of anilines is 2. The number of nitrogens with zero attached hydrogens (tertiary/aromatic N) is 2. The molecule has 1 aromatic heterocycles. The van der Waals surface area contributed by atoms with E-state index in [0.29, 0.717) is 0 Å². The highest BCUT2D eigenvalue weighted by Gasteiger charge is 2.03. The minimum Gasteiger partial charge on any atom is -0.381 e. The van der Waals surface area contributed by atoms with Crippen molar-refractivity contribution < 1.29 is 4.74 Å². The Bertz CT molecular complexity index is 385. The molecule has 0 amide bonds. The van der Waals surface area contributed by atoms with Crippen LogP contribution in [0.15, 0.2) is 6.07 Å². The number of aromatic nitrogens is 2. The molecule has 120 valence electrons. The molecule has 0 unspecified atom stereocenters. The molecule has 0 fully saturated rings. The molecule has 0 aliphatic rings. The van der Waals surface area contributed by atoms with Gasteiger partial charge in [0, 0.05) is 38.8 Å². The molecule has 0 saturated heterocycles. The molecule has 5 heteroatoms. The first-order chi connectivity index (χ1) is 10.3. The van der Waals surface area contributed by atoms with Crippen LogP contribution in [0.25, 0.3) is 0 Å². The van der Waals surface area contributed by atoms with Crippen molar-refractivity contribution in [1.29, 1.82) is 0 Å². The SMILES string of the molecule is CCCNc1cc(NCCCOCCC)nc(CCC)n1. The Kier molecular flexibility index (Phi) is 9.53. The van der Waals surface area contributed by atoms with Gasteiger partial charge in [-0.3, -0.25) is 0 Å². The number of nitrogens with one attached hydrogen (secondary N) is 2. The molecule has 0 aromatic carbocycles. The minimum atomic E-state index is 0.800. The molecule has 1 aromatic rings. The average Bonchev–Trinajstić information content (AvgIpc) is 2.49. The van der Waals surface area contributed by atoms with E-state index in [1.165, 1.54) is 0 Å². The van der Waals surface area contributed by atoms with Crippen LogP contribution in [-0.4, -0.2) is 36.3 Å². The topological polar surface area (TPSA) is 59.1 Å². The normalized spacial score (nSPS) is 10.6. The van der Waals surface area contributed by atoms with Crippen molar-refractivity contribution in [3.63, 3.8) is 0 Å². The molecule has 0 atom stereocenters. The van der Waals surface area contributed by atoms with Gasteiger partial charge in [-0.25, -0.2) is 9.97 Å². The zero-order valence-corrected chi connectivity index (χ0v) is 13.7. The van der Waals surface area contributed by atoms with E-state index in [4.69, 9.17) is 4.74 Å². The second-order valence-corrected chi connectivity index (χ2v) is 5.12. The van der Waals surface area contributed by atoms with Gasteiger partial charge in [-0.1, -0.05) is 20.8 Å². The van der Waals surface area contributed by atoms with E-state index in [1.54, 1.807) is 0 Å². The van der Waals surface area contributed by atoms with Gasteiger partial charge < -0.3 is 15.4 Å². The summed E-state index contributed by atoms with van der Waals surface area (Å²) in [5.41, 5.74) is 0. The van der Waals surface area contributed by atoms with Gasteiger partial charge in [-0.15, -0.1) is 0 Å². The Labute approximate surface area is 128 Å². The van der Waals surface area contributed by atoms with E-state index < -0.39 is 0 Å². The zero-order valence-electron chi connectivity index (χ0n) is 13.7. The van der Waals surface area contributed by atoms with Gasteiger partial charge in [0.1, 0.15) is 17.5 Å². The Balaban J connectivity index is 2.48. The van der Waals surface area contributed by atoms with Crippen LogP contribution in [0.2, 0.25) is 0 Å². The zero-order chi connectivity index (χ0) is 15.3. The number of rotatable bonds is 12. The van der Waals surface area contributed by atoms with Crippen molar-refractivity contribution in [3.8, 4) is 0 Å². The molecular formula is C16H30N4O. The first kappa shape index (κ1) is 17.7. The Morgan fingerprint density at radius 2 is 1.62 bits per heavy atom. The van der Waals surface area contributed by atoms with E-state index >= 15 is 0 Å². The molecule has 0 spiro atoms. The van der Waals surface area contributed by atoms with Gasteiger partial charge in [0.2, 0.25) is 0 Å². The number of ether oxygens (including phenoxy) is 1. The summed E-state index contributed by atoms with van der Waals surface area (Å²) in [7, 11) is 0. The number of hydrogen-bond acceptors (Lipinski definition) is 5. The third-order valence-electron chi connectivity index (χ3n) is 2.92. The molecule has 21 heavy (non-hydrogen) atoms. The highest BCUT2D eigenvalue weighted by Crippen LogP contribution is 2.12. The van der Waals surface area contributed by atoms with Gasteiger partial charge in [-0.2, -0.15) is 0 Å². The molecule has 2 N–H and O–H groups in total. The van der Waals surface area contributed by atoms with Gasteiger partial charge in [0.05, 0.1) is 0 Å². The molecule has 0 bridgehead atoms. The third kappa shape index (κ3) is 7.85. The van der Waals surface area contributed by atoms with Crippen LogP contribution in [0.3, 0.4) is 0 Å². The summed E-state index contributed by atoms with van der Waals surface area (Å²) >= 11 is 0. The van der Waals surface area contributed by atoms with E-state index in [1.807, 2.05) is 6.07 Å². The molecule has 1 rings (SSSR count). The maximum atomic E-state index is 5.47. The summed E-state index contributed by atoms with van der Waals surface area (Å²) in [5.74, 6) is 2.73. The van der Waals surface area contributed by atoms with Crippen molar-refractivity contribution in [2.75, 3.05) is 36.9 Å². The van der Waals surface area contributed by atoms with E-state index in [9.17, 15) is 0 Å². The Hall–Kier alpha value is -1.36. The number of hydrogen-bond donors (Lipinski definition) is 2. The van der Waals surface area contributed by atoms with Crippen LogP contribution >= 0.6 is 0 Å². The van der Waals surface area contributed by atoms with Crippen LogP contribution in [0.4, 0.5) is 11.6 Å². The fourth-order valence-corrected chi connectivity index (χ4v) is 1.90. The lowest BCUT2D eigenvalue weighted by molar-refractivity contribution is 0.134. The van der Waals surface area contributed by atoms with Crippen molar-refractivity contribution >= 4 is 11.6 Å². The second-order valence-electron chi connectivity index (χ2n) is 5.12. The highest BCUT2D eigenvalue weighted by atomic mass is 16.5. The van der Waals surface area contributed by atoms with E-state index in [2.05, 4.69) is 41.4 Å². The Morgan fingerprint density at radius 3 is 2.24 bits per heavy atom. The predicted octanol–water partition coefficient (Wildman–Crippen LogP) is 3.48. The van der Waals surface area contributed by atoms with Crippen LogP contribution in [0.5, 0.6) is 0 Å². The predicted molar refractivity (Wildman–Crippen MR) is 89.0 cm³/mol. The summed E-state index contributed by atoms with van der Waals surface area (Å²) in [5, 5.41) is 6.70. The quantitative estimate of drug-likeness (QED) is 0.578. The molecule has 0 radical (unpaired) electrons. The largest absolute Gasteiger partial charge is 0.381 e. The average molecular weight is 294 g/mol. The van der Waals surface area contributed by atoms with Crippen LogP contribution in [0, 0.1) is 0 Å². The lowest BCUT2D eigenvalue weighted by atomic mass is 10.3. The smallest absolute Gasteiger partial charge is 0.133 e. The third-order valence-corrected chi connectivity index (χ3v) is 2.92. The molecule has 0 saturated carbocycles. The molecule has 0 aliphatic carbocycles. The fraction of sp³-hybridized carbons (Fsp3) is 0.750. The summed E-state index contributed by atoms with van der Waals surface area (Å²) in [6.07, 6.45) is 5.12. The maximum absolute atomic E-state index is 5.47. The van der Waals surface area contributed by atoms with Gasteiger partial charge in [0.15, 0.2) is 0 Å². The summed E-state index contributed by atoms with van der Waals surface area (Å²) < 4.78 is 5.47. The monoisotopic (exact) mass is 294 g/mol. The molecule has 0 aliphatic heterocycles. The van der Waals surface area contributed by atoms with Crippen molar-refractivity contribution in [1.82, 2.24) is 9.97 Å². The lowest BCUT2D eigenvalue weighted by Gasteiger charge is -2.11. The van der Waals surface area contributed by atoms with Crippen molar-refractivity contribution in [2.45, 2.75) is 52.9 Å². The standard InChI is InChI=1S/C16H30N4O/c1-4-8-14-19-15(17-9-5-2)13-16(20-14)18-10-7-12-21-11-6-3/h13H,4-12H2,1-3H3,(H2,17,18,19,20). The highest BCUT2D eigenvalue weighted by molar-refractivity contribution is 5.47. The fourth-order valence-electron chi connectivity index (χ4n) is 1.90. The summed E-state index contributed by atoms with van der Waals surface area (Å²) in [6.45, 7) is 9.88. The minimum absolute atomic E-state index is 0.800. The maximum Gasteiger partial charge on any atom is 0.133 e. The van der Waals surface area contributed by atoms with E-state index in [0.717, 1.165) is 75.9 Å². The number of aryl methyl sites for hydroxylation is 1.